The Bertz CT molecular complexity index is 873. The monoisotopic (exact) mass is 414 g/mol. The van der Waals surface area contributed by atoms with E-state index < -0.39 is 0 Å². The van der Waals surface area contributed by atoms with Crippen molar-refractivity contribution >= 4 is 17.5 Å². The Balaban J connectivity index is 1.36. The molecule has 2 aromatic carbocycles. The van der Waals surface area contributed by atoms with Crippen molar-refractivity contribution in [3.8, 4) is 11.5 Å². The predicted octanol–water partition coefficient (Wildman–Crippen LogP) is 4.20. The number of halogens is 1. The largest absolute Gasteiger partial charge is 0.486 e. The van der Waals surface area contributed by atoms with E-state index in [2.05, 4.69) is 16.3 Å². The molecule has 0 spiro atoms. The first-order valence-electron chi connectivity index (χ1n) is 10.3. The van der Waals surface area contributed by atoms with E-state index in [0.29, 0.717) is 13.2 Å². The van der Waals surface area contributed by atoms with Gasteiger partial charge in [0.15, 0.2) is 11.5 Å². The van der Waals surface area contributed by atoms with Gasteiger partial charge in [0.25, 0.3) is 0 Å². The van der Waals surface area contributed by atoms with Gasteiger partial charge in [0, 0.05) is 18.1 Å². The van der Waals surface area contributed by atoms with Crippen LogP contribution in [0.3, 0.4) is 0 Å². The Morgan fingerprint density at radius 1 is 1.21 bits per heavy atom. The molecule has 2 atom stereocenters. The van der Waals surface area contributed by atoms with Crippen molar-refractivity contribution in [1.29, 1.82) is 0 Å². The summed E-state index contributed by atoms with van der Waals surface area (Å²) >= 11 is 6.30. The maximum atomic E-state index is 12.9. The normalized spacial score (nSPS) is 20.1. The maximum absolute atomic E-state index is 12.9. The molecule has 2 aromatic rings. The summed E-state index contributed by atoms with van der Waals surface area (Å²) in [5.41, 5.74) is 2.13. The number of hydrogen-bond donors (Lipinski definition) is 1. The smallest absolute Gasteiger partial charge is 0.224 e. The molecule has 0 radical (unpaired) electrons. The van der Waals surface area contributed by atoms with E-state index in [1.165, 1.54) is 0 Å². The third kappa shape index (κ3) is 4.85. The van der Waals surface area contributed by atoms with Gasteiger partial charge in [0.2, 0.25) is 5.91 Å². The van der Waals surface area contributed by atoms with Gasteiger partial charge >= 0.3 is 0 Å². The Kier molecular flexibility index (Phi) is 6.26. The standard InChI is InChI=1S/C23H27ClN2O3/c1-16(17-8-9-21-22(13-17)29-12-11-28-21)25-23(27)19-6-4-10-26(15-19)14-18-5-2-3-7-20(18)24/h2-3,5,7-9,13,16,19H,4,6,10-12,14-15H2,1H3,(H,25,27). The molecule has 2 aliphatic heterocycles. The third-order valence-corrected chi connectivity index (χ3v) is 6.02. The van der Waals surface area contributed by atoms with Crippen molar-refractivity contribution in [2.24, 2.45) is 5.92 Å². The lowest BCUT2D eigenvalue weighted by atomic mass is 9.96. The number of benzene rings is 2. The summed E-state index contributed by atoms with van der Waals surface area (Å²) in [6.07, 6.45) is 1.93. The van der Waals surface area contributed by atoms with Crippen LogP contribution < -0.4 is 14.8 Å². The minimum atomic E-state index is -0.0859. The second-order valence-electron chi connectivity index (χ2n) is 7.80. The van der Waals surface area contributed by atoms with Crippen molar-refractivity contribution in [2.75, 3.05) is 26.3 Å². The summed E-state index contributed by atoms with van der Waals surface area (Å²) in [7, 11) is 0. The molecule has 4 rings (SSSR count). The van der Waals surface area contributed by atoms with Crippen LogP contribution in [0.1, 0.15) is 36.9 Å². The molecule has 5 nitrogen and oxygen atoms in total. The number of piperidine rings is 1. The number of ether oxygens (including phenoxy) is 2. The molecule has 1 N–H and O–H groups in total. The highest BCUT2D eigenvalue weighted by Gasteiger charge is 2.27. The molecular weight excluding hydrogens is 388 g/mol. The molecule has 0 bridgehead atoms. The molecule has 2 unspecified atom stereocenters. The fourth-order valence-corrected chi connectivity index (χ4v) is 4.22. The second kappa shape index (κ2) is 9.06. The first kappa shape index (κ1) is 20.0. The van der Waals surface area contributed by atoms with Crippen LogP contribution in [0.5, 0.6) is 11.5 Å². The van der Waals surface area contributed by atoms with Gasteiger partial charge in [0.1, 0.15) is 13.2 Å². The van der Waals surface area contributed by atoms with Crippen LogP contribution in [0.15, 0.2) is 42.5 Å². The number of carbonyl (C=O) groups is 1. The molecule has 2 aliphatic rings. The van der Waals surface area contributed by atoms with Gasteiger partial charge < -0.3 is 14.8 Å². The van der Waals surface area contributed by atoms with Crippen LogP contribution in [-0.2, 0) is 11.3 Å². The molecule has 154 valence electrons. The second-order valence-corrected chi connectivity index (χ2v) is 8.21. The summed E-state index contributed by atoms with van der Waals surface area (Å²) in [4.78, 5) is 15.2. The Morgan fingerprint density at radius 2 is 2.00 bits per heavy atom. The lowest BCUT2D eigenvalue weighted by Crippen LogP contribution is -2.43. The summed E-state index contributed by atoms with van der Waals surface area (Å²) in [6.45, 7) is 5.66. The zero-order valence-electron chi connectivity index (χ0n) is 16.7. The van der Waals surface area contributed by atoms with Crippen LogP contribution in [0.25, 0.3) is 0 Å². The number of amides is 1. The van der Waals surface area contributed by atoms with E-state index in [-0.39, 0.29) is 17.9 Å². The van der Waals surface area contributed by atoms with E-state index >= 15 is 0 Å². The van der Waals surface area contributed by atoms with E-state index in [9.17, 15) is 4.79 Å². The molecule has 1 fully saturated rings. The Labute approximate surface area is 176 Å². The summed E-state index contributed by atoms with van der Waals surface area (Å²) in [5.74, 6) is 1.61. The minimum Gasteiger partial charge on any atom is -0.486 e. The van der Waals surface area contributed by atoms with Gasteiger partial charge in [-0.05, 0) is 55.6 Å². The van der Waals surface area contributed by atoms with Gasteiger partial charge in [-0.15, -0.1) is 0 Å². The van der Waals surface area contributed by atoms with Crippen molar-refractivity contribution in [2.45, 2.75) is 32.4 Å². The quantitative estimate of drug-likeness (QED) is 0.796. The zero-order valence-corrected chi connectivity index (χ0v) is 17.5. The van der Waals surface area contributed by atoms with Crippen molar-refractivity contribution in [3.63, 3.8) is 0 Å². The molecule has 29 heavy (non-hydrogen) atoms. The summed E-state index contributed by atoms with van der Waals surface area (Å²) in [5, 5.41) is 3.96. The van der Waals surface area contributed by atoms with Crippen LogP contribution in [0.2, 0.25) is 5.02 Å². The van der Waals surface area contributed by atoms with E-state index in [4.69, 9.17) is 21.1 Å². The molecule has 0 aliphatic carbocycles. The average Bonchev–Trinajstić information content (AvgIpc) is 2.75. The van der Waals surface area contributed by atoms with Gasteiger partial charge in [-0.25, -0.2) is 0 Å². The van der Waals surface area contributed by atoms with Crippen LogP contribution >= 0.6 is 11.6 Å². The number of rotatable bonds is 5. The first-order valence-corrected chi connectivity index (χ1v) is 10.6. The zero-order chi connectivity index (χ0) is 20.2. The topological polar surface area (TPSA) is 50.8 Å². The molecule has 1 amide bonds. The summed E-state index contributed by atoms with van der Waals surface area (Å²) in [6, 6.07) is 13.7. The Hall–Kier alpha value is -2.24. The average molecular weight is 415 g/mol. The number of nitrogens with zero attached hydrogens (tertiary/aromatic N) is 1. The van der Waals surface area contributed by atoms with Crippen LogP contribution in [-0.4, -0.2) is 37.1 Å². The highest BCUT2D eigenvalue weighted by atomic mass is 35.5. The maximum Gasteiger partial charge on any atom is 0.224 e. The van der Waals surface area contributed by atoms with Gasteiger partial charge in [-0.3, -0.25) is 9.69 Å². The van der Waals surface area contributed by atoms with Gasteiger partial charge in [0.05, 0.1) is 12.0 Å². The fourth-order valence-electron chi connectivity index (χ4n) is 4.02. The first-order chi connectivity index (χ1) is 14.1. The highest BCUT2D eigenvalue weighted by Crippen LogP contribution is 2.32. The van der Waals surface area contributed by atoms with E-state index in [0.717, 1.165) is 60.1 Å². The molecule has 6 heteroatoms. The van der Waals surface area contributed by atoms with Crippen LogP contribution in [0.4, 0.5) is 0 Å². The van der Waals surface area contributed by atoms with Crippen molar-refractivity contribution in [1.82, 2.24) is 10.2 Å². The molecular formula is C23H27ClN2O3. The minimum absolute atomic E-state index is 0.00843. The molecule has 1 saturated heterocycles. The number of hydrogen-bond acceptors (Lipinski definition) is 4. The number of likely N-dealkylation sites (tertiary alicyclic amines) is 1. The molecule has 2 heterocycles. The lowest BCUT2D eigenvalue weighted by molar-refractivity contribution is -0.127. The van der Waals surface area contributed by atoms with Crippen molar-refractivity contribution in [3.05, 3.63) is 58.6 Å². The highest BCUT2D eigenvalue weighted by molar-refractivity contribution is 6.31. The SMILES string of the molecule is CC(NC(=O)C1CCCN(Cc2ccccc2Cl)C1)c1ccc2c(c1)OCCO2. The predicted molar refractivity (Wildman–Crippen MR) is 113 cm³/mol. The van der Waals surface area contributed by atoms with Crippen LogP contribution in [0, 0.1) is 5.92 Å². The van der Waals surface area contributed by atoms with Gasteiger partial charge in [-0.1, -0.05) is 35.9 Å². The van der Waals surface area contributed by atoms with Crippen molar-refractivity contribution < 1.29 is 14.3 Å². The van der Waals surface area contributed by atoms with Gasteiger partial charge in [-0.2, -0.15) is 0 Å². The lowest BCUT2D eigenvalue weighted by Gasteiger charge is -2.33. The van der Waals surface area contributed by atoms with E-state index in [1.54, 1.807) is 0 Å². The molecule has 0 aromatic heterocycles. The molecule has 0 saturated carbocycles. The number of fused-ring (bicyclic) bond motifs is 1. The Morgan fingerprint density at radius 3 is 2.83 bits per heavy atom. The third-order valence-electron chi connectivity index (χ3n) is 5.65. The summed E-state index contributed by atoms with van der Waals surface area (Å²) < 4.78 is 11.2. The van der Waals surface area contributed by atoms with E-state index in [1.807, 2.05) is 43.3 Å². The fraction of sp³-hybridized carbons (Fsp3) is 0.435. The number of carbonyl (C=O) groups excluding carboxylic acids is 1. The number of nitrogens with one attached hydrogen (secondary N) is 1.